The number of hydrogen-bond donors (Lipinski definition) is 3. The SMILES string of the molecule is CCCCCCCN(C(=O)C(CC(N)=O)NC(=O)OC(C)(C)C)C(C(=O)Nc1ccccc1C)c1c(C)cccc1C. The third-order valence-corrected chi connectivity index (χ3v) is 6.96. The highest BCUT2D eigenvalue weighted by atomic mass is 16.6. The van der Waals surface area contributed by atoms with E-state index in [4.69, 9.17) is 10.5 Å². The van der Waals surface area contributed by atoms with Crippen molar-refractivity contribution in [3.05, 3.63) is 64.7 Å². The first kappa shape index (κ1) is 34.3. The van der Waals surface area contributed by atoms with E-state index >= 15 is 0 Å². The molecule has 2 unspecified atom stereocenters. The molecule has 9 nitrogen and oxygen atoms in total. The van der Waals surface area contributed by atoms with Crippen molar-refractivity contribution in [2.75, 3.05) is 11.9 Å². The molecule has 0 aliphatic rings. The smallest absolute Gasteiger partial charge is 0.408 e. The van der Waals surface area contributed by atoms with Crippen LogP contribution in [-0.4, -0.2) is 46.9 Å². The molecule has 0 aliphatic carbocycles. The number of benzene rings is 2. The maximum absolute atomic E-state index is 14.3. The van der Waals surface area contributed by atoms with E-state index in [2.05, 4.69) is 17.6 Å². The van der Waals surface area contributed by atoms with Gasteiger partial charge in [0.2, 0.25) is 11.8 Å². The van der Waals surface area contributed by atoms with Gasteiger partial charge in [-0.2, -0.15) is 0 Å². The van der Waals surface area contributed by atoms with Crippen molar-refractivity contribution in [1.82, 2.24) is 10.2 Å². The molecule has 230 valence electrons. The number of primary amides is 1. The zero-order chi connectivity index (χ0) is 31.4. The van der Waals surface area contributed by atoms with Gasteiger partial charge in [-0.3, -0.25) is 14.4 Å². The third-order valence-electron chi connectivity index (χ3n) is 6.96. The van der Waals surface area contributed by atoms with Crippen LogP contribution < -0.4 is 16.4 Å². The molecule has 0 saturated carbocycles. The Morgan fingerprint density at radius 3 is 2.05 bits per heavy atom. The van der Waals surface area contributed by atoms with Crippen molar-refractivity contribution in [2.45, 2.75) is 105 Å². The predicted octanol–water partition coefficient (Wildman–Crippen LogP) is 5.86. The monoisotopic (exact) mass is 580 g/mol. The highest BCUT2D eigenvalue weighted by molar-refractivity contribution is 6.00. The summed E-state index contributed by atoms with van der Waals surface area (Å²) in [6, 6.07) is 10.8. The van der Waals surface area contributed by atoms with Gasteiger partial charge in [0.1, 0.15) is 17.7 Å². The van der Waals surface area contributed by atoms with Crippen LogP contribution in [0.5, 0.6) is 0 Å². The second-order valence-electron chi connectivity index (χ2n) is 11.8. The number of hydrogen-bond acceptors (Lipinski definition) is 5. The lowest BCUT2D eigenvalue weighted by atomic mass is 9.93. The molecule has 4 N–H and O–H groups in total. The van der Waals surface area contributed by atoms with Gasteiger partial charge in [-0.25, -0.2) is 4.79 Å². The molecule has 2 rings (SSSR count). The van der Waals surface area contributed by atoms with Gasteiger partial charge >= 0.3 is 6.09 Å². The molecule has 2 aromatic rings. The first-order chi connectivity index (χ1) is 19.7. The number of carbonyl (C=O) groups is 4. The summed E-state index contributed by atoms with van der Waals surface area (Å²) < 4.78 is 5.38. The summed E-state index contributed by atoms with van der Waals surface area (Å²) in [5, 5.41) is 5.57. The van der Waals surface area contributed by atoms with E-state index < -0.39 is 47.9 Å². The molecule has 42 heavy (non-hydrogen) atoms. The molecule has 9 heteroatoms. The lowest BCUT2D eigenvalue weighted by Crippen LogP contribution is -2.54. The van der Waals surface area contributed by atoms with Gasteiger partial charge in [-0.05, 0) is 76.3 Å². The quantitative estimate of drug-likeness (QED) is 0.241. The molecule has 0 heterocycles. The minimum atomic E-state index is -1.31. The fourth-order valence-electron chi connectivity index (χ4n) is 4.90. The molecule has 2 aromatic carbocycles. The number of nitrogens with one attached hydrogen (secondary N) is 2. The Labute approximate surface area is 250 Å². The number of para-hydroxylation sites is 1. The number of unbranched alkanes of at least 4 members (excludes halogenated alkanes) is 4. The van der Waals surface area contributed by atoms with Crippen LogP contribution in [0.1, 0.15) is 94.5 Å². The van der Waals surface area contributed by atoms with Crippen molar-refractivity contribution in [2.24, 2.45) is 5.73 Å². The lowest BCUT2D eigenvalue weighted by molar-refractivity contribution is -0.142. The van der Waals surface area contributed by atoms with E-state index in [-0.39, 0.29) is 6.54 Å². The molecular formula is C33H48N4O5. The highest BCUT2D eigenvalue weighted by Crippen LogP contribution is 2.31. The molecule has 2 atom stereocenters. The minimum Gasteiger partial charge on any atom is -0.444 e. The van der Waals surface area contributed by atoms with Gasteiger partial charge in [-0.1, -0.05) is 69.0 Å². The predicted molar refractivity (Wildman–Crippen MR) is 166 cm³/mol. The highest BCUT2D eigenvalue weighted by Gasteiger charge is 2.38. The zero-order valence-corrected chi connectivity index (χ0v) is 26.2. The Morgan fingerprint density at radius 1 is 0.881 bits per heavy atom. The maximum atomic E-state index is 14.3. The van der Waals surface area contributed by atoms with Gasteiger partial charge in [-0.15, -0.1) is 0 Å². The van der Waals surface area contributed by atoms with Gasteiger partial charge in [0.05, 0.1) is 6.42 Å². The second kappa shape index (κ2) is 15.9. The third kappa shape index (κ3) is 10.5. The Bertz CT molecular complexity index is 1220. The number of aryl methyl sites for hydroxylation is 3. The zero-order valence-electron chi connectivity index (χ0n) is 26.2. The van der Waals surface area contributed by atoms with Gasteiger partial charge in [0, 0.05) is 12.2 Å². The van der Waals surface area contributed by atoms with Crippen molar-refractivity contribution >= 4 is 29.5 Å². The molecular weight excluding hydrogens is 532 g/mol. The molecule has 0 spiro atoms. The van der Waals surface area contributed by atoms with E-state index in [1.165, 1.54) is 4.90 Å². The number of nitrogens with zero attached hydrogens (tertiary/aromatic N) is 1. The van der Waals surface area contributed by atoms with Gasteiger partial charge in [0.15, 0.2) is 0 Å². The summed E-state index contributed by atoms with van der Waals surface area (Å²) in [7, 11) is 0. The first-order valence-electron chi connectivity index (χ1n) is 14.8. The number of carbonyl (C=O) groups excluding carboxylic acids is 4. The number of ether oxygens (including phenoxy) is 1. The van der Waals surface area contributed by atoms with E-state index in [0.717, 1.165) is 42.4 Å². The minimum absolute atomic E-state index is 0.243. The number of alkyl carbamates (subject to hydrolysis) is 1. The van der Waals surface area contributed by atoms with Crippen molar-refractivity contribution < 1.29 is 23.9 Å². The second-order valence-corrected chi connectivity index (χ2v) is 11.8. The first-order valence-corrected chi connectivity index (χ1v) is 14.8. The van der Waals surface area contributed by atoms with E-state index in [1.807, 2.05) is 63.2 Å². The van der Waals surface area contributed by atoms with Crippen LogP contribution >= 0.6 is 0 Å². The van der Waals surface area contributed by atoms with Gasteiger partial charge in [0.25, 0.3) is 5.91 Å². The summed E-state index contributed by atoms with van der Waals surface area (Å²) in [6.07, 6.45) is 3.32. The molecule has 0 aliphatic heterocycles. The van der Waals surface area contributed by atoms with Crippen molar-refractivity contribution in [3.63, 3.8) is 0 Å². The summed E-state index contributed by atoms with van der Waals surface area (Å²) in [6.45, 7) is 13.2. The van der Waals surface area contributed by atoms with E-state index in [1.54, 1.807) is 20.8 Å². The van der Waals surface area contributed by atoms with Crippen LogP contribution in [0.3, 0.4) is 0 Å². The summed E-state index contributed by atoms with van der Waals surface area (Å²) >= 11 is 0. The Balaban J connectivity index is 2.62. The number of rotatable bonds is 14. The van der Waals surface area contributed by atoms with Crippen LogP contribution in [0.4, 0.5) is 10.5 Å². The molecule has 0 radical (unpaired) electrons. The maximum Gasteiger partial charge on any atom is 0.408 e. The summed E-state index contributed by atoms with van der Waals surface area (Å²) in [5.41, 5.74) is 8.59. The average Bonchev–Trinajstić information content (AvgIpc) is 2.88. The molecule has 0 bridgehead atoms. The van der Waals surface area contributed by atoms with E-state index in [9.17, 15) is 19.2 Å². The fourth-order valence-corrected chi connectivity index (χ4v) is 4.90. The van der Waals surface area contributed by atoms with Gasteiger partial charge < -0.3 is 26.0 Å². The topological polar surface area (TPSA) is 131 Å². The Hall–Kier alpha value is -3.88. The van der Waals surface area contributed by atoms with Crippen LogP contribution in [-0.2, 0) is 19.1 Å². The summed E-state index contributed by atoms with van der Waals surface area (Å²) in [5.74, 6) is -1.73. The van der Waals surface area contributed by atoms with Crippen LogP contribution in [0.2, 0.25) is 0 Å². The summed E-state index contributed by atoms with van der Waals surface area (Å²) in [4.78, 5) is 54.8. The molecule has 0 saturated heterocycles. The molecule has 0 aromatic heterocycles. The largest absolute Gasteiger partial charge is 0.444 e. The van der Waals surface area contributed by atoms with Crippen LogP contribution in [0.15, 0.2) is 42.5 Å². The number of anilines is 1. The Morgan fingerprint density at radius 2 is 1.48 bits per heavy atom. The number of amides is 4. The number of nitrogens with two attached hydrogens (primary N) is 1. The standard InChI is InChI=1S/C33H48N4O5/c1-8-9-10-11-14-20-37(31(40)26(21-27(34)38)36-32(41)42-33(5,6)7)29(28-23(3)17-15-18-24(28)4)30(39)35-25-19-13-12-16-22(25)2/h12-13,15-19,26,29H,8-11,14,20-21H2,1-7H3,(H2,34,38)(H,35,39)(H,36,41). The van der Waals surface area contributed by atoms with Crippen LogP contribution in [0.25, 0.3) is 0 Å². The van der Waals surface area contributed by atoms with Crippen molar-refractivity contribution in [3.8, 4) is 0 Å². The molecule has 0 fully saturated rings. The Kier molecular flexibility index (Phi) is 13.0. The normalized spacial score (nSPS) is 12.6. The van der Waals surface area contributed by atoms with Crippen LogP contribution in [0, 0.1) is 20.8 Å². The van der Waals surface area contributed by atoms with E-state index in [0.29, 0.717) is 17.7 Å². The molecule has 4 amide bonds. The average molecular weight is 581 g/mol. The fraction of sp³-hybridized carbons (Fsp3) is 0.515. The lowest BCUT2D eigenvalue weighted by Gasteiger charge is -2.35. The van der Waals surface area contributed by atoms with Crippen molar-refractivity contribution in [1.29, 1.82) is 0 Å².